The molecule has 3 rings (SSSR count). The van der Waals surface area contributed by atoms with E-state index in [9.17, 15) is 4.79 Å². The number of fused-ring (bicyclic) bond motifs is 1. The molecule has 1 aliphatic rings. The molecule has 0 saturated carbocycles. The Morgan fingerprint density at radius 1 is 1.52 bits per heavy atom. The molecule has 3 heterocycles. The minimum Gasteiger partial charge on any atom is -0.352 e. The molecule has 1 fully saturated rings. The molecule has 2 N–H and O–H groups in total. The lowest BCUT2D eigenvalue weighted by Gasteiger charge is -2.23. The van der Waals surface area contributed by atoms with Gasteiger partial charge in [0.1, 0.15) is 0 Å². The molecule has 1 saturated heterocycles. The summed E-state index contributed by atoms with van der Waals surface area (Å²) in [6.45, 7) is 8.81. The maximum Gasteiger partial charge on any atom is 0.253 e. The summed E-state index contributed by atoms with van der Waals surface area (Å²) in [6.07, 6.45) is 4.13. The van der Waals surface area contributed by atoms with Crippen molar-refractivity contribution in [2.75, 3.05) is 19.6 Å². The Kier molecular flexibility index (Phi) is 4.61. The number of nitrogens with zero attached hydrogens (tertiary/aromatic N) is 3. The molecule has 1 unspecified atom stereocenters. The molecular formula is C17H25N5O. The molecule has 0 aliphatic carbocycles. The fourth-order valence-electron chi connectivity index (χ4n) is 3.10. The monoisotopic (exact) mass is 315 g/mol. The standard InChI is InChI=1S/C17H25N5O/c1-11(2)22-16-14(10-20-22)7-15(12(3)21-16)17(23)19-9-13-5-4-6-18-8-13/h7,10-11,13,18H,4-6,8-9H2,1-3H3,(H,19,23). The number of nitrogens with one attached hydrogen (secondary N) is 2. The van der Waals surface area contributed by atoms with Crippen LogP contribution in [0.25, 0.3) is 11.0 Å². The Labute approximate surface area is 136 Å². The zero-order valence-corrected chi connectivity index (χ0v) is 14.1. The number of hydrogen-bond acceptors (Lipinski definition) is 4. The van der Waals surface area contributed by atoms with Gasteiger partial charge in [-0.2, -0.15) is 5.10 Å². The van der Waals surface area contributed by atoms with Crippen molar-refractivity contribution in [3.05, 3.63) is 23.5 Å². The quantitative estimate of drug-likeness (QED) is 0.906. The number of pyridine rings is 1. The number of carbonyl (C=O) groups excluding carboxylic acids is 1. The Balaban J connectivity index is 1.76. The number of piperidine rings is 1. The first kappa shape index (κ1) is 15.9. The van der Waals surface area contributed by atoms with Crippen LogP contribution in [-0.4, -0.2) is 40.3 Å². The molecule has 1 aliphatic heterocycles. The predicted molar refractivity (Wildman–Crippen MR) is 90.6 cm³/mol. The van der Waals surface area contributed by atoms with Gasteiger partial charge in [-0.05, 0) is 58.7 Å². The Morgan fingerprint density at radius 3 is 3.04 bits per heavy atom. The van der Waals surface area contributed by atoms with Crippen LogP contribution in [0.2, 0.25) is 0 Å². The maximum atomic E-state index is 12.5. The van der Waals surface area contributed by atoms with Gasteiger partial charge in [0.15, 0.2) is 5.65 Å². The van der Waals surface area contributed by atoms with Gasteiger partial charge in [-0.3, -0.25) is 4.79 Å². The van der Waals surface area contributed by atoms with Crippen molar-refractivity contribution in [1.82, 2.24) is 25.4 Å². The maximum absolute atomic E-state index is 12.5. The van der Waals surface area contributed by atoms with Gasteiger partial charge in [0.05, 0.1) is 17.5 Å². The largest absolute Gasteiger partial charge is 0.352 e. The molecule has 1 atom stereocenters. The zero-order chi connectivity index (χ0) is 16.4. The van der Waals surface area contributed by atoms with Crippen LogP contribution in [0.5, 0.6) is 0 Å². The fourth-order valence-corrected chi connectivity index (χ4v) is 3.10. The molecule has 2 aromatic heterocycles. The number of carbonyl (C=O) groups is 1. The smallest absolute Gasteiger partial charge is 0.253 e. The summed E-state index contributed by atoms with van der Waals surface area (Å²) in [4.78, 5) is 17.1. The molecular weight excluding hydrogens is 290 g/mol. The molecule has 23 heavy (non-hydrogen) atoms. The summed E-state index contributed by atoms with van der Waals surface area (Å²) in [7, 11) is 0. The fraction of sp³-hybridized carbons (Fsp3) is 0.588. The average Bonchev–Trinajstić information content (AvgIpc) is 2.95. The normalized spacial score (nSPS) is 18.5. The van der Waals surface area contributed by atoms with Gasteiger partial charge in [0.25, 0.3) is 5.91 Å². The van der Waals surface area contributed by atoms with Gasteiger partial charge in [0.2, 0.25) is 0 Å². The molecule has 0 radical (unpaired) electrons. The third-order valence-corrected chi connectivity index (χ3v) is 4.44. The highest BCUT2D eigenvalue weighted by molar-refractivity contribution is 5.98. The molecule has 6 nitrogen and oxygen atoms in total. The number of aryl methyl sites for hydroxylation is 1. The van der Waals surface area contributed by atoms with E-state index in [0.717, 1.165) is 29.8 Å². The van der Waals surface area contributed by atoms with Crippen molar-refractivity contribution in [2.45, 2.75) is 39.7 Å². The van der Waals surface area contributed by atoms with Gasteiger partial charge in [-0.25, -0.2) is 9.67 Å². The van der Waals surface area contributed by atoms with Crippen molar-refractivity contribution in [2.24, 2.45) is 5.92 Å². The molecule has 0 aromatic carbocycles. The predicted octanol–water partition coefficient (Wildman–Crippen LogP) is 2.05. The van der Waals surface area contributed by atoms with Crippen molar-refractivity contribution in [1.29, 1.82) is 0 Å². The molecule has 124 valence electrons. The minimum absolute atomic E-state index is 0.0419. The molecule has 0 spiro atoms. The molecule has 6 heteroatoms. The number of hydrogen-bond donors (Lipinski definition) is 2. The van der Waals surface area contributed by atoms with E-state index >= 15 is 0 Å². The minimum atomic E-state index is -0.0419. The van der Waals surface area contributed by atoms with Crippen LogP contribution in [0.3, 0.4) is 0 Å². The first-order chi connectivity index (χ1) is 11.1. The van der Waals surface area contributed by atoms with Crippen LogP contribution >= 0.6 is 0 Å². The lowest BCUT2D eigenvalue weighted by atomic mass is 9.99. The van der Waals surface area contributed by atoms with E-state index in [1.54, 1.807) is 6.20 Å². The summed E-state index contributed by atoms with van der Waals surface area (Å²) in [5.74, 6) is 0.480. The van der Waals surface area contributed by atoms with Crippen LogP contribution in [0, 0.1) is 12.8 Å². The number of amides is 1. The highest BCUT2D eigenvalue weighted by Crippen LogP contribution is 2.19. The lowest BCUT2D eigenvalue weighted by molar-refractivity contribution is 0.0944. The van der Waals surface area contributed by atoms with Crippen molar-refractivity contribution >= 4 is 16.9 Å². The van der Waals surface area contributed by atoms with E-state index in [0.29, 0.717) is 18.0 Å². The Hall–Kier alpha value is -1.95. The molecule has 2 aromatic rings. The summed E-state index contributed by atoms with van der Waals surface area (Å²) < 4.78 is 1.89. The van der Waals surface area contributed by atoms with Gasteiger partial charge in [0, 0.05) is 18.0 Å². The van der Waals surface area contributed by atoms with Crippen molar-refractivity contribution in [3.8, 4) is 0 Å². The zero-order valence-electron chi connectivity index (χ0n) is 14.1. The van der Waals surface area contributed by atoms with Crippen LogP contribution in [0.15, 0.2) is 12.3 Å². The average molecular weight is 315 g/mol. The summed E-state index contributed by atoms with van der Waals surface area (Å²) >= 11 is 0. The second kappa shape index (κ2) is 6.66. The van der Waals surface area contributed by atoms with Gasteiger partial charge in [-0.15, -0.1) is 0 Å². The van der Waals surface area contributed by atoms with E-state index < -0.39 is 0 Å². The van der Waals surface area contributed by atoms with E-state index in [1.807, 2.05) is 17.7 Å². The second-order valence-corrected chi connectivity index (χ2v) is 6.64. The summed E-state index contributed by atoms with van der Waals surface area (Å²) in [6, 6.07) is 2.15. The number of aromatic nitrogens is 3. The molecule has 1 amide bonds. The van der Waals surface area contributed by atoms with Crippen LogP contribution < -0.4 is 10.6 Å². The van der Waals surface area contributed by atoms with E-state index in [2.05, 4.69) is 34.6 Å². The third-order valence-electron chi connectivity index (χ3n) is 4.44. The summed E-state index contributed by atoms with van der Waals surface area (Å²) in [5.41, 5.74) is 2.23. The highest BCUT2D eigenvalue weighted by Gasteiger charge is 2.17. The van der Waals surface area contributed by atoms with E-state index in [1.165, 1.54) is 12.8 Å². The van der Waals surface area contributed by atoms with Crippen LogP contribution in [-0.2, 0) is 0 Å². The van der Waals surface area contributed by atoms with Gasteiger partial charge in [-0.1, -0.05) is 0 Å². The second-order valence-electron chi connectivity index (χ2n) is 6.64. The Bertz CT molecular complexity index is 700. The van der Waals surface area contributed by atoms with Crippen molar-refractivity contribution in [3.63, 3.8) is 0 Å². The first-order valence-electron chi connectivity index (χ1n) is 8.40. The van der Waals surface area contributed by atoms with Crippen molar-refractivity contribution < 1.29 is 4.79 Å². The highest BCUT2D eigenvalue weighted by atomic mass is 16.1. The summed E-state index contributed by atoms with van der Waals surface area (Å²) in [5, 5.41) is 11.7. The van der Waals surface area contributed by atoms with Gasteiger partial charge >= 0.3 is 0 Å². The van der Waals surface area contributed by atoms with E-state index in [4.69, 9.17) is 0 Å². The third kappa shape index (κ3) is 3.37. The van der Waals surface area contributed by atoms with E-state index in [-0.39, 0.29) is 11.9 Å². The van der Waals surface area contributed by atoms with Crippen LogP contribution in [0.4, 0.5) is 0 Å². The van der Waals surface area contributed by atoms with Gasteiger partial charge < -0.3 is 10.6 Å². The molecule has 0 bridgehead atoms. The Morgan fingerprint density at radius 2 is 2.35 bits per heavy atom. The van der Waals surface area contributed by atoms with Crippen LogP contribution in [0.1, 0.15) is 48.8 Å². The number of rotatable bonds is 4. The first-order valence-corrected chi connectivity index (χ1v) is 8.40. The SMILES string of the molecule is Cc1nc2c(cnn2C(C)C)cc1C(=O)NCC1CCCNC1. The lowest BCUT2D eigenvalue weighted by Crippen LogP contribution is -2.38. The topological polar surface area (TPSA) is 71.8 Å².